The number of halogens is 1. The zero-order valence-corrected chi connectivity index (χ0v) is 15.5. The van der Waals surface area contributed by atoms with Crippen LogP contribution in [-0.4, -0.2) is 19.3 Å². The Morgan fingerprint density at radius 3 is 2.38 bits per heavy atom. The van der Waals surface area contributed by atoms with Crippen molar-refractivity contribution >= 4 is 21.6 Å². The predicted molar refractivity (Wildman–Crippen MR) is 97.8 cm³/mol. The van der Waals surface area contributed by atoms with Crippen molar-refractivity contribution in [2.45, 2.75) is 43.5 Å². The van der Waals surface area contributed by atoms with Gasteiger partial charge in [-0.15, -0.1) is 0 Å². The van der Waals surface area contributed by atoms with E-state index < -0.39 is 10.0 Å². The molecule has 1 aliphatic heterocycles. The summed E-state index contributed by atoms with van der Waals surface area (Å²) in [6, 6.07) is 14.6. The van der Waals surface area contributed by atoms with Gasteiger partial charge in [-0.1, -0.05) is 55.8 Å². The van der Waals surface area contributed by atoms with E-state index in [1.165, 1.54) is 0 Å². The minimum atomic E-state index is -3.52. The quantitative estimate of drug-likeness (QED) is 0.767. The van der Waals surface area contributed by atoms with E-state index in [9.17, 15) is 8.42 Å². The Morgan fingerprint density at radius 2 is 1.75 bits per heavy atom. The molecular weight excluding hydrogens is 342 g/mol. The summed E-state index contributed by atoms with van der Waals surface area (Å²) >= 11 is 6.30. The lowest BCUT2D eigenvalue weighted by Gasteiger charge is -2.25. The van der Waals surface area contributed by atoms with E-state index in [0.717, 1.165) is 24.0 Å². The van der Waals surface area contributed by atoms with Crippen LogP contribution >= 0.6 is 11.6 Å². The van der Waals surface area contributed by atoms with Gasteiger partial charge in [0.1, 0.15) is 0 Å². The molecule has 0 spiro atoms. The summed E-state index contributed by atoms with van der Waals surface area (Å²) in [5, 5.41) is 0.625. The third-order valence-corrected chi connectivity index (χ3v) is 6.89. The molecule has 0 aromatic heterocycles. The number of hydrogen-bond acceptors (Lipinski definition) is 2. The highest BCUT2D eigenvalue weighted by Gasteiger charge is 2.36. The Hall–Kier alpha value is -1.36. The first-order valence-corrected chi connectivity index (χ1v) is 10.1. The first-order valence-electron chi connectivity index (χ1n) is 8.27. The normalized spacial score (nSPS) is 19.1. The fourth-order valence-electron chi connectivity index (χ4n) is 3.24. The van der Waals surface area contributed by atoms with Gasteiger partial charge < -0.3 is 0 Å². The molecule has 1 saturated heterocycles. The van der Waals surface area contributed by atoms with Gasteiger partial charge in [-0.2, -0.15) is 4.31 Å². The molecule has 24 heavy (non-hydrogen) atoms. The molecule has 0 amide bonds. The van der Waals surface area contributed by atoms with Gasteiger partial charge in [-0.3, -0.25) is 0 Å². The molecule has 3 rings (SSSR count). The van der Waals surface area contributed by atoms with Crippen molar-refractivity contribution in [3.05, 3.63) is 64.7 Å². The molecular formula is C19H22ClNO2S. The minimum Gasteiger partial charge on any atom is -0.207 e. The van der Waals surface area contributed by atoms with Crippen molar-refractivity contribution in [3.63, 3.8) is 0 Å². The third-order valence-electron chi connectivity index (χ3n) is 4.62. The summed E-state index contributed by atoms with van der Waals surface area (Å²) in [6.07, 6.45) is 1.65. The summed E-state index contributed by atoms with van der Waals surface area (Å²) in [6.45, 7) is 4.72. The maximum atomic E-state index is 13.1. The zero-order chi connectivity index (χ0) is 17.3. The van der Waals surface area contributed by atoms with Gasteiger partial charge in [0.15, 0.2) is 0 Å². The molecule has 5 heteroatoms. The number of rotatable bonds is 4. The molecule has 0 unspecified atom stereocenters. The van der Waals surface area contributed by atoms with Gasteiger partial charge in [0.05, 0.1) is 10.9 Å². The maximum absolute atomic E-state index is 13.1. The second kappa shape index (κ2) is 6.87. The van der Waals surface area contributed by atoms with Crippen LogP contribution < -0.4 is 0 Å². The molecule has 1 aliphatic rings. The monoisotopic (exact) mass is 363 g/mol. The standard InChI is InChI=1S/C19H22ClNO2S/c1-14(2)15-9-11-16(12-10-15)24(22,23)21-13-5-8-19(21)17-6-3-4-7-18(17)20/h3-4,6-7,9-12,14,19H,5,8,13H2,1-2H3/t19-/m0/s1. The summed E-state index contributed by atoms with van der Waals surface area (Å²) in [5.41, 5.74) is 2.03. The zero-order valence-electron chi connectivity index (χ0n) is 13.9. The van der Waals surface area contributed by atoms with Crippen LogP contribution in [0.1, 0.15) is 49.8 Å². The Kier molecular flexibility index (Phi) is 5.00. The average Bonchev–Trinajstić information content (AvgIpc) is 3.05. The number of hydrogen-bond donors (Lipinski definition) is 0. The van der Waals surface area contributed by atoms with E-state index >= 15 is 0 Å². The number of benzene rings is 2. The van der Waals surface area contributed by atoms with E-state index in [1.807, 2.05) is 36.4 Å². The minimum absolute atomic E-state index is 0.187. The van der Waals surface area contributed by atoms with Crippen LogP contribution in [0, 0.1) is 0 Å². The highest BCUT2D eigenvalue weighted by Crippen LogP contribution is 2.39. The second-order valence-electron chi connectivity index (χ2n) is 6.52. The van der Waals surface area contributed by atoms with Crippen molar-refractivity contribution in [3.8, 4) is 0 Å². The lowest BCUT2D eigenvalue weighted by atomic mass is 10.0. The van der Waals surface area contributed by atoms with Crippen molar-refractivity contribution < 1.29 is 8.42 Å². The lowest BCUT2D eigenvalue weighted by molar-refractivity contribution is 0.397. The molecule has 1 fully saturated rings. The average molecular weight is 364 g/mol. The van der Waals surface area contributed by atoms with E-state index in [4.69, 9.17) is 11.6 Å². The molecule has 128 valence electrons. The van der Waals surface area contributed by atoms with E-state index in [-0.39, 0.29) is 6.04 Å². The molecule has 0 radical (unpaired) electrons. The van der Waals surface area contributed by atoms with Gasteiger partial charge in [0.25, 0.3) is 0 Å². The van der Waals surface area contributed by atoms with Crippen molar-refractivity contribution in [1.82, 2.24) is 4.31 Å². The van der Waals surface area contributed by atoms with Crippen molar-refractivity contribution in [2.75, 3.05) is 6.54 Å². The van der Waals surface area contributed by atoms with E-state index in [0.29, 0.717) is 22.4 Å². The van der Waals surface area contributed by atoms with E-state index in [1.54, 1.807) is 16.4 Å². The predicted octanol–water partition coefficient (Wildman–Crippen LogP) is 4.99. The molecule has 0 aliphatic carbocycles. The van der Waals surface area contributed by atoms with Gasteiger partial charge in [0.2, 0.25) is 10.0 Å². The summed E-state index contributed by atoms with van der Waals surface area (Å²) in [5.74, 6) is 0.379. The molecule has 0 saturated carbocycles. The molecule has 3 nitrogen and oxygen atoms in total. The SMILES string of the molecule is CC(C)c1ccc(S(=O)(=O)N2CCC[C@H]2c2ccccc2Cl)cc1. The van der Waals surface area contributed by atoms with Gasteiger partial charge in [-0.05, 0) is 48.1 Å². The summed E-state index contributed by atoms with van der Waals surface area (Å²) < 4.78 is 27.8. The Labute approximate surface area is 149 Å². The first-order chi connectivity index (χ1) is 11.4. The molecule has 2 aromatic carbocycles. The highest BCUT2D eigenvalue weighted by atomic mass is 35.5. The largest absolute Gasteiger partial charge is 0.243 e. The van der Waals surface area contributed by atoms with Crippen LogP contribution in [0.2, 0.25) is 5.02 Å². The second-order valence-corrected chi connectivity index (χ2v) is 8.82. The fraction of sp³-hybridized carbons (Fsp3) is 0.368. The van der Waals surface area contributed by atoms with Crippen LogP contribution in [0.3, 0.4) is 0 Å². The topological polar surface area (TPSA) is 37.4 Å². The Morgan fingerprint density at radius 1 is 1.08 bits per heavy atom. The maximum Gasteiger partial charge on any atom is 0.243 e. The third kappa shape index (κ3) is 3.23. The molecule has 1 atom stereocenters. The lowest BCUT2D eigenvalue weighted by Crippen LogP contribution is -2.30. The molecule has 1 heterocycles. The van der Waals surface area contributed by atoms with E-state index in [2.05, 4.69) is 13.8 Å². The fourth-order valence-corrected chi connectivity index (χ4v) is 5.18. The number of sulfonamides is 1. The van der Waals surface area contributed by atoms with Crippen LogP contribution in [-0.2, 0) is 10.0 Å². The Balaban J connectivity index is 1.95. The van der Waals surface area contributed by atoms with Crippen LogP contribution in [0.5, 0.6) is 0 Å². The molecule has 0 N–H and O–H groups in total. The summed E-state index contributed by atoms with van der Waals surface area (Å²) in [4.78, 5) is 0.353. The van der Waals surface area contributed by atoms with Gasteiger partial charge in [0, 0.05) is 11.6 Å². The smallest absolute Gasteiger partial charge is 0.207 e. The van der Waals surface area contributed by atoms with Gasteiger partial charge in [-0.25, -0.2) is 8.42 Å². The Bertz CT molecular complexity index is 816. The van der Waals surface area contributed by atoms with Crippen molar-refractivity contribution in [2.24, 2.45) is 0 Å². The summed E-state index contributed by atoms with van der Waals surface area (Å²) in [7, 11) is -3.52. The molecule has 0 bridgehead atoms. The number of nitrogens with zero attached hydrogens (tertiary/aromatic N) is 1. The first kappa shape index (κ1) is 17.5. The van der Waals surface area contributed by atoms with Crippen LogP contribution in [0.25, 0.3) is 0 Å². The van der Waals surface area contributed by atoms with Crippen molar-refractivity contribution in [1.29, 1.82) is 0 Å². The van der Waals surface area contributed by atoms with Crippen LogP contribution in [0.4, 0.5) is 0 Å². The van der Waals surface area contributed by atoms with Crippen LogP contribution in [0.15, 0.2) is 53.4 Å². The molecule has 2 aromatic rings. The highest BCUT2D eigenvalue weighted by molar-refractivity contribution is 7.89. The van der Waals surface area contributed by atoms with Gasteiger partial charge >= 0.3 is 0 Å².